The van der Waals surface area contributed by atoms with E-state index in [1.54, 1.807) is 0 Å². The highest BCUT2D eigenvalue weighted by Crippen LogP contribution is 2.16. The average molecular weight is 490 g/mol. The maximum atomic E-state index is 4.72. The number of rotatable bonds is 7. The number of hydrogen-bond donors (Lipinski definition) is 3. The Balaban J connectivity index is 0.00000280. The number of benzene rings is 2. The first-order valence-electron chi connectivity index (χ1n) is 9.33. The van der Waals surface area contributed by atoms with E-state index in [2.05, 4.69) is 76.1 Å². The third-order valence-corrected chi connectivity index (χ3v) is 4.32. The SMILES string of the molecule is CCNC(=NCc1cccc(-c2ncn[nH]2)c1)NCc1ccccc1CC.I. The van der Waals surface area contributed by atoms with Crippen LogP contribution in [0.2, 0.25) is 0 Å². The molecule has 0 fully saturated rings. The van der Waals surface area contributed by atoms with Crippen LogP contribution in [0, 0.1) is 0 Å². The van der Waals surface area contributed by atoms with Gasteiger partial charge in [0.1, 0.15) is 6.33 Å². The van der Waals surface area contributed by atoms with Gasteiger partial charge in [0, 0.05) is 18.7 Å². The first-order chi connectivity index (χ1) is 13.3. The van der Waals surface area contributed by atoms with Gasteiger partial charge in [-0.15, -0.1) is 24.0 Å². The second kappa shape index (κ2) is 11.4. The Labute approximate surface area is 183 Å². The van der Waals surface area contributed by atoms with Gasteiger partial charge < -0.3 is 10.6 Å². The summed E-state index contributed by atoms with van der Waals surface area (Å²) in [5, 5.41) is 13.6. The summed E-state index contributed by atoms with van der Waals surface area (Å²) in [6.45, 7) is 6.42. The van der Waals surface area contributed by atoms with E-state index >= 15 is 0 Å². The molecule has 0 bridgehead atoms. The molecule has 7 heteroatoms. The molecular formula is C21H27IN6. The first kappa shape index (κ1) is 21.9. The number of aromatic nitrogens is 3. The Bertz CT molecular complexity index is 876. The molecule has 0 aliphatic carbocycles. The number of aliphatic imine (C=N–C) groups is 1. The van der Waals surface area contributed by atoms with Crippen molar-refractivity contribution in [1.29, 1.82) is 0 Å². The number of halogens is 1. The van der Waals surface area contributed by atoms with Gasteiger partial charge in [-0.3, -0.25) is 5.10 Å². The van der Waals surface area contributed by atoms with Crippen molar-refractivity contribution in [2.45, 2.75) is 33.4 Å². The van der Waals surface area contributed by atoms with Crippen LogP contribution in [0.15, 0.2) is 59.9 Å². The monoisotopic (exact) mass is 490 g/mol. The number of H-pyrrole nitrogens is 1. The lowest BCUT2D eigenvalue weighted by atomic mass is 10.1. The summed E-state index contributed by atoms with van der Waals surface area (Å²) < 4.78 is 0. The fraction of sp³-hybridized carbons (Fsp3) is 0.286. The highest BCUT2D eigenvalue weighted by Gasteiger charge is 2.04. The molecule has 1 aromatic heterocycles. The molecule has 0 radical (unpaired) electrons. The van der Waals surface area contributed by atoms with Gasteiger partial charge in [0.25, 0.3) is 0 Å². The topological polar surface area (TPSA) is 78.0 Å². The van der Waals surface area contributed by atoms with E-state index in [0.717, 1.165) is 42.4 Å². The van der Waals surface area contributed by atoms with Gasteiger partial charge in [0.05, 0.1) is 6.54 Å². The molecule has 0 aliphatic heterocycles. The molecule has 0 spiro atoms. The number of aryl methyl sites for hydroxylation is 1. The van der Waals surface area contributed by atoms with Gasteiger partial charge in [0.2, 0.25) is 0 Å². The summed E-state index contributed by atoms with van der Waals surface area (Å²) in [6, 6.07) is 16.7. The maximum absolute atomic E-state index is 4.72. The minimum absolute atomic E-state index is 0. The zero-order valence-corrected chi connectivity index (χ0v) is 18.6. The van der Waals surface area contributed by atoms with E-state index in [1.807, 2.05) is 12.1 Å². The molecule has 3 rings (SSSR count). The van der Waals surface area contributed by atoms with Crippen molar-refractivity contribution in [2.75, 3.05) is 6.54 Å². The third kappa shape index (κ3) is 6.05. The van der Waals surface area contributed by atoms with Crippen LogP contribution in [0.25, 0.3) is 11.4 Å². The Morgan fingerprint density at radius 3 is 2.57 bits per heavy atom. The second-order valence-electron chi connectivity index (χ2n) is 6.21. The summed E-state index contributed by atoms with van der Waals surface area (Å²) in [5.74, 6) is 1.58. The lowest BCUT2D eigenvalue weighted by Crippen LogP contribution is -2.37. The van der Waals surface area contributed by atoms with Crippen molar-refractivity contribution in [3.63, 3.8) is 0 Å². The van der Waals surface area contributed by atoms with E-state index in [-0.39, 0.29) is 24.0 Å². The summed E-state index contributed by atoms with van der Waals surface area (Å²) in [4.78, 5) is 8.93. The van der Waals surface area contributed by atoms with E-state index in [4.69, 9.17) is 4.99 Å². The van der Waals surface area contributed by atoms with Crippen LogP contribution in [0.3, 0.4) is 0 Å². The Kier molecular flexibility index (Phi) is 8.93. The molecular weight excluding hydrogens is 463 g/mol. The minimum atomic E-state index is 0. The molecule has 0 saturated carbocycles. The van der Waals surface area contributed by atoms with Crippen LogP contribution < -0.4 is 10.6 Å². The van der Waals surface area contributed by atoms with Crippen LogP contribution in [-0.4, -0.2) is 27.7 Å². The second-order valence-corrected chi connectivity index (χ2v) is 6.21. The first-order valence-corrected chi connectivity index (χ1v) is 9.33. The number of nitrogens with one attached hydrogen (secondary N) is 3. The van der Waals surface area contributed by atoms with Crippen molar-refractivity contribution < 1.29 is 0 Å². The molecule has 2 aromatic carbocycles. The standard InChI is InChI=1S/C21H26N6.HI/c1-3-17-9-5-6-10-19(17)14-24-21(22-4-2)23-13-16-8-7-11-18(12-16)20-25-15-26-27-20;/h5-12,15H,3-4,13-14H2,1-2H3,(H2,22,23,24)(H,25,26,27);1H. The average Bonchev–Trinajstić information content (AvgIpc) is 3.25. The molecule has 6 nitrogen and oxygen atoms in total. The van der Waals surface area contributed by atoms with Crippen molar-refractivity contribution >= 4 is 29.9 Å². The fourth-order valence-electron chi connectivity index (χ4n) is 2.93. The van der Waals surface area contributed by atoms with E-state index in [0.29, 0.717) is 6.54 Å². The van der Waals surface area contributed by atoms with Gasteiger partial charge >= 0.3 is 0 Å². The molecule has 0 atom stereocenters. The van der Waals surface area contributed by atoms with Gasteiger partial charge in [-0.05, 0) is 36.1 Å². The Hall–Kier alpha value is -2.42. The molecule has 1 heterocycles. The summed E-state index contributed by atoms with van der Waals surface area (Å²) >= 11 is 0. The minimum Gasteiger partial charge on any atom is -0.357 e. The van der Waals surface area contributed by atoms with Crippen LogP contribution in [-0.2, 0) is 19.5 Å². The van der Waals surface area contributed by atoms with E-state index < -0.39 is 0 Å². The lowest BCUT2D eigenvalue weighted by Gasteiger charge is -2.13. The molecule has 0 unspecified atom stereocenters. The maximum Gasteiger partial charge on any atom is 0.191 e. The van der Waals surface area contributed by atoms with Crippen LogP contribution >= 0.6 is 24.0 Å². The number of aromatic amines is 1. The molecule has 0 saturated heterocycles. The van der Waals surface area contributed by atoms with E-state index in [1.165, 1.54) is 17.5 Å². The molecule has 3 aromatic rings. The van der Waals surface area contributed by atoms with Gasteiger partial charge in [0.15, 0.2) is 11.8 Å². The summed E-state index contributed by atoms with van der Waals surface area (Å²) in [6.07, 6.45) is 2.54. The smallest absolute Gasteiger partial charge is 0.191 e. The van der Waals surface area contributed by atoms with Crippen molar-refractivity contribution in [3.05, 3.63) is 71.5 Å². The molecule has 148 valence electrons. The Morgan fingerprint density at radius 2 is 1.86 bits per heavy atom. The number of nitrogens with zero attached hydrogens (tertiary/aromatic N) is 3. The van der Waals surface area contributed by atoms with Crippen molar-refractivity contribution in [3.8, 4) is 11.4 Å². The number of guanidine groups is 1. The van der Waals surface area contributed by atoms with Gasteiger partial charge in [-0.2, -0.15) is 5.10 Å². The summed E-state index contributed by atoms with van der Waals surface area (Å²) in [7, 11) is 0. The van der Waals surface area contributed by atoms with Gasteiger partial charge in [-0.25, -0.2) is 9.98 Å². The zero-order valence-electron chi connectivity index (χ0n) is 16.3. The Morgan fingerprint density at radius 1 is 1.04 bits per heavy atom. The zero-order chi connectivity index (χ0) is 18.9. The van der Waals surface area contributed by atoms with Crippen molar-refractivity contribution in [1.82, 2.24) is 25.8 Å². The third-order valence-electron chi connectivity index (χ3n) is 4.32. The predicted octanol–water partition coefficient (Wildman–Crippen LogP) is 3.91. The lowest BCUT2D eigenvalue weighted by molar-refractivity contribution is 0.809. The quantitative estimate of drug-likeness (QED) is 0.267. The fourth-order valence-corrected chi connectivity index (χ4v) is 2.93. The molecule has 0 amide bonds. The molecule has 3 N–H and O–H groups in total. The largest absolute Gasteiger partial charge is 0.357 e. The highest BCUT2D eigenvalue weighted by atomic mass is 127. The summed E-state index contributed by atoms with van der Waals surface area (Å²) in [5.41, 5.74) is 4.80. The van der Waals surface area contributed by atoms with Crippen LogP contribution in [0.4, 0.5) is 0 Å². The van der Waals surface area contributed by atoms with E-state index in [9.17, 15) is 0 Å². The van der Waals surface area contributed by atoms with Crippen LogP contribution in [0.5, 0.6) is 0 Å². The molecule has 28 heavy (non-hydrogen) atoms. The normalized spacial score (nSPS) is 11.0. The number of hydrogen-bond acceptors (Lipinski definition) is 3. The highest BCUT2D eigenvalue weighted by molar-refractivity contribution is 14.0. The predicted molar refractivity (Wildman–Crippen MR) is 125 cm³/mol. The molecule has 0 aliphatic rings. The van der Waals surface area contributed by atoms with Crippen molar-refractivity contribution in [2.24, 2.45) is 4.99 Å². The van der Waals surface area contributed by atoms with Crippen LogP contribution in [0.1, 0.15) is 30.5 Å². The van der Waals surface area contributed by atoms with Gasteiger partial charge in [-0.1, -0.05) is 49.4 Å².